The molecule has 0 spiro atoms. The topological polar surface area (TPSA) is 108 Å². The van der Waals surface area contributed by atoms with Gasteiger partial charge < -0.3 is 23.6 Å². The normalized spacial score (nSPS) is 17.4. The first kappa shape index (κ1) is 17.3. The monoisotopic (exact) mass is 304 g/mol. The molecule has 0 aromatic rings. The summed E-state index contributed by atoms with van der Waals surface area (Å²) in [6.07, 6.45) is -0.850. The van der Waals surface area contributed by atoms with Crippen molar-refractivity contribution in [3.63, 3.8) is 0 Å². The lowest BCUT2D eigenvalue weighted by atomic mass is 10.2. The summed E-state index contributed by atoms with van der Waals surface area (Å²) in [5.74, 6) is -2.24. The van der Waals surface area contributed by atoms with Gasteiger partial charge in [-0.25, -0.2) is 4.79 Å². The maximum atomic E-state index is 11.9. The highest BCUT2D eigenvalue weighted by molar-refractivity contribution is 7.55. The van der Waals surface area contributed by atoms with Crippen LogP contribution in [0.25, 0.3) is 0 Å². The van der Waals surface area contributed by atoms with E-state index in [0.717, 1.165) is 21.3 Å². The lowest BCUT2D eigenvalue weighted by molar-refractivity contribution is -0.165. The van der Waals surface area contributed by atoms with E-state index in [1.54, 1.807) is 0 Å². The van der Waals surface area contributed by atoms with E-state index in [-0.39, 0.29) is 0 Å². The second-order valence-electron chi connectivity index (χ2n) is 2.99. The van der Waals surface area contributed by atoms with Gasteiger partial charge in [-0.05, 0) is 0 Å². The highest BCUT2D eigenvalue weighted by Gasteiger charge is 2.59. The third-order valence-electron chi connectivity index (χ3n) is 2.16. The van der Waals surface area contributed by atoms with E-state index in [2.05, 4.69) is 14.0 Å². The molecule has 0 saturated heterocycles. The van der Waals surface area contributed by atoms with Crippen LogP contribution >= 0.6 is 19.2 Å². The zero-order chi connectivity index (χ0) is 14.4. The average molecular weight is 305 g/mol. The molecular formula is C8H14ClO8P. The van der Waals surface area contributed by atoms with Gasteiger partial charge in [-0.1, -0.05) is 11.6 Å². The summed E-state index contributed by atoms with van der Waals surface area (Å²) in [5, 5.41) is -2.51. The summed E-state index contributed by atoms with van der Waals surface area (Å²) >= 11 is 5.20. The Labute approximate surface area is 109 Å². The maximum absolute atomic E-state index is 11.9. The van der Waals surface area contributed by atoms with Crippen molar-refractivity contribution in [3.05, 3.63) is 0 Å². The molecule has 106 valence electrons. The number of ether oxygens (including phenoxy) is 3. The lowest BCUT2D eigenvalue weighted by Gasteiger charge is -2.30. The Morgan fingerprint density at radius 2 is 1.89 bits per heavy atom. The Morgan fingerprint density at radius 1 is 1.33 bits per heavy atom. The summed E-state index contributed by atoms with van der Waals surface area (Å²) in [5.41, 5.74) is 0. The Morgan fingerprint density at radius 3 is 2.22 bits per heavy atom. The van der Waals surface area contributed by atoms with Gasteiger partial charge in [-0.2, -0.15) is 0 Å². The zero-order valence-corrected chi connectivity index (χ0v) is 11.7. The van der Waals surface area contributed by atoms with Crippen molar-refractivity contribution in [1.29, 1.82) is 0 Å². The number of hydrogen-bond acceptors (Lipinski definition) is 7. The fourth-order valence-electron chi connectivity index (χ4n) is 1.14. The number of methoxy groups -OCH3 is 2. The number of carbonyl (C=O) groups is 2. The molecule has 0 bridgehead atoms. The van der Waals surface area contributed by atoms with Gasteiger partial charge in [0.05, 0.1) is 13.5 Å². The molecule has 0 rings (SSSR count). The first-order chi connectivity index (χ1) is 8.31. The zero-order valence-electron chi connectivity index (χ0n) is 10.0. The largest absolute Gasteiger partial charge is 0.469 e. The molecule has 2 unspecified atom stereocenters. The minimum atomic E-state index is -4.62. The Bertz CT molecular complexity index is 359. The van der Waals surface area contributed by atoms with Crippen LogP contribution in [0.4, 0.5) is 0 Å². The standard InChI is InChI=1S/C8H14ClO8P/c1-14-6(10)4-8(15-2,7(11)17-5-9)18(12,13)16-3/h4-5H2,1-3H3,(H,12,13). The molecule has 0 fully saturated rings. The van der Waals surface area contributed by atoms with Crippen molar-refractivity contribution in [3.8, 4) is 0 Å². The van der Waals surface area contributed by atoms with Gasteiger partial charge in [-0.3, -0.25) is 9.36 Å². The third-order valence-corrected chi connectivity index (χ3v) is 4.20. The number of carbonyl (C=O) groups excluding carboxylic acids is 2. The molecule has 8 nitrogen and oxygen atoms in total. The molecule has 0 radical (unpaired) electrons. The molecule has 0 aliphatic heterocycles. The predicted octanol–water partition coefficient (Wildman–Crippen LogP) is 0.463. The van der Waals surface area contributed by atoms with Crippen LogP contribution in [-0.4, -0.2) is 49.6 Å². The third kappa shape index (κ3) is 3.43. The van der Waals surface area contributed by atoms with E-state index in [4.69, 9.17) is 16.3 Å². The number of halogens is 1. The van der Waals surface area contributed by atoms with E-state index < -0.39 is 37.4 Å². The second kappa shape index (κ2) is 7.06. The summed E-state index contributed by atoms with van der Waals surface area (Å²) < 4.78 is 29.7. The van der Waals surface area contributed by atoms with Crippen LogP contribution in [0.1, 0.15) is 6.42 Å². The highest BCUT2D eigenvalue weighted by atomic mass is 35.5. The number of alkyl halides is 1. The lowest BCUT2D eigenvalue weighted by Crippen LogP contribution is -2.44. The summed E-state index contributed by atoms with van der Waals surface area (Å²) in [6.45, 7) is 0. The van der Waals surface area contributed by atoms with Crippen LogP contribution in [0.5, 0.6) is 0 Å². The molecule has 0 aliphatic carbocycles. The van der Waals surface area contributed by atoms with Crippen molar-refractivity contribution in [2.45, 2.75) is 11.8 Å². The van der Waals surface area contributed by atoms with E-state index in [1.165, 1.54) is 0 Å². The predicted molar refractivity (Wildman–Crippen MR) is 60.0 cm³/mol. The molecule has 0 aromatic heterocycles. The van der Waals surface area contributed by atoms with Gasteiger partial charge in [0.25, 0.3) is 5.34 Å². The van der Waals surface area contributed by atoms with Crippen molar-refractivity contribution in [1.82, 2.24) is 0 Å². The average Bonchev–Trinajstić information content (AvgIpc) is 2.35. The van der Waals surface area contributed by atoms with Gasteiger partial charge in [0.15, 0.2) is 6.07 Å². The molecule has 10 heteroatoms. The first-order valence-corrected chi connectivity index (χ1v) is 6.66. The Hall–Kier alpha value is -0.660. The van der Waals surface area contributed by atoms with Crippen LogP contribution < -0.4 is 0 Å². The highest BCUT2D eigenvalue weighted by Crippen LogP contribution is 2.57. The van der Waals surface area contributed by atoms with Gasteiger partial charge in [-0.15, -0.1) is 0 Å². The van der Waals surface area contributed by atoms with Gasteiger partial charge in [0, 0.05) is 14.2 Å². The Kier molecular flexibility index (Phi) is 6.80. The quantitative estimate of drug-likeness (QED) is 0.410. The number of esters is 2. The summed E-state index contributed by atoms with van der Waals surface area (Å²) in [4.78, 5) is 32.6. The minimum absolute atomic E-state index is 0.575. The van der Waals surface area contributed by atoms with E-state index in [1.807, 2.05) is 0 Å². The van der Waals surface area contributed by atoms with Crippen LogP contribution in [0.2, 0.25) is 0 Å². The smallest absolute Gasteiger partial charge is 0.371 e. The molecule has 1 N–H and O–H groups in total. The number of hydrogen-bond donors (Lipinski definition) is 1. The van der Waals surface area contributed by atoms with Gasteiger partial charge >= 0.3 is 19.5 Å². The van der Waals surface area contributed by atoms with E-state index in [0.29, 0.717) is 0 Å². The van der Waals surface area contributed by atoms with Crippen LogP contribution in [0.15, 0.2) is 0 Å². The molecule has 2 atom stereocenters. The fraction of sp³-hybridized carbons (Fsp3) is 0.750. The van der Waals surface area contributed by atoms with E-state index >= 15 is 0 Å². The number of rotatable bonds is 7. The molecule has 0 aliphatic rings. The molecule has 0 aromatic carbocycles. The summed E-state index contributed by atoms with van der Waals surface area (Å²) in [6, 6.07) is -0.575. The Balaban J connectivity index is 5.54. The van der Waals surface area contributed by atoms with Gasteiger partial charge in [0.2, 0.25) is 0 Å². The van der Waals surface area contributed by atoms with E-state index in [9.17, 15) is 19.0 Å². The van der Waals surface area contributed by atoms with Crippen molar-refractivity contribution in [2.24, 2.45) is 0 Å². The SMILES string of the molecule is COC(=O)CC(OC)(C(=O)OCCl)P(=O)(O)OC. The molecular weight excluding hydrogens is 291 g/mol. The fourth-order valence-corrected chi connectivity index (χ4v) is 2.38. The second-order valence-corrected chi connectivity index (χ2v) is 5.33. The van der Waals surface area contributed by atoms with Crippen molar-refractivity contribution < 1.29 is 37.8 Å². The van der Waals surface area contributed by atoms with Crippen LogP contribution in [0, 0.1) is 0 Å². The van der Waals surface area contributed by atoms with Crippen molar-refractivity contribution >= 4 is 31.1 Å². The van der Waals surface area contributed by atoms with Crippen LogP contribution in [-0.2, 0) is 32.9 Å². The van der Waals surface area contributed by atoms with Crippen molar-refractivity contribution in [2.75, 3.05) is 27.4 Å². The maximum Gasteiger partial charge on any atom is 0.371 e. The van der Waals surface area contributed by atoms with Gasteiger partial charge in [0.1, 0.15) is 0 Å². The molecule has 0 heterocycles. The molecule has 0 saturated carbocycles. The summed E-state index contributed by atoms with van der Waals surface area (Å²) in [7, 11) is -1.73. The molecule has 18 heavy (non-hydrogen) atoms. The minimum Gasteiger partial charge on any atom is -0.469 e. The molecule has 0 amide bonds. The first-order valence-electron chi connectivity index (χ1n) is 4.55. The van der Waals surface area contributed by atoms with Crippen LogP contribution in [0.3, 0.4) is 0 Å².